The van der Waals surface area contributed by atoms with Gasteiger partial charge in [0.2, 0.25) is 0 Å². The Labute approximate surface area is 115 Å². The Morgan fingerprint density at radius 1 is 1.53 bits per heavy atom. The summed E-state index contributed by atoms with van der Waals surface area (Å²) in [7, 11) is 0. The molecule has 1 unspecified atom stereocenters. The summed E-state index contributed by atoms with van der Waals surface area (Å²) in [6.07, 6.45) is 5.28. The van der Waals surface area contributed by atoms with Gasteiger partial charge in [-0.05, 0) is 18.2 Å². The molecular formula is C13H12N2O3S. The molecule has 1 atom stereocenters. The largest absolute Gasteiger partial charge is 0.480 e. The number of hydrogen-bond donors (Lipinski definition) is 2. The second-order valence-electron chi connectivity index (χ2n) is 3.98. The summed E-state index contributed by atoms with van der Waals surface area (Å²) in [6, 6.07) is 5.65. The molecule has 2 N–H and O–H groups in total. The van der Waals surface area contributed by atoms with Crippen molar-refractivity contribution in [2.24, 2.45) is 0 Å². The third-order valence-electron chi connectivity index (χ3n) is 2.71. The fraction of sp³-hybridized carbons (Fsp3) is 0.231. The Bertz CT molecular complexity index is 553. The number of nitrogens with one attached hydrogen (secondary N) is 1. The van der Waals surface area contributed by atoms with Crippen LogP contribution in [0.4, 0.5) is 10.5 Å². The number of terminal acetylenes is 1. The zero-order chi connectivity index (χ0) is 13.8. The molecule has 1 heterocycles. The minimum atomic E-state index is -0.988. The average molecular weight is 276 g/mol. The number of carboxylic acid groups (broad SMARTS) is 1. The van der Waals surface area contributed by atoms with Crippen LogP contribution in [0.25, 0.3) is 0 Å². The molecule has 2 rings (SSSR count). The topological polar surface area (TPSA) is 69.6 Å². The lowest BCUT2D eigenvalue weighted by Crippen LogP contribution is -2.43. The molecule has 1 fully saturated rings. The lowest BCUT2D eigenvalue weighted by atomic mass is 10.2. The number of aliphatic carboxylic acids is 1. The first-order valence-corrected chi connectivity index (χ1v) is 6.72. The molecule has 1 aliphatic rings. The number of benzene rings is 1. The number of thioether (sulfide) groups is 1. The predicted octanol–water partition coefficient (Wildman–Crippen LogP) is 1.66. The van der Waals surface area contributed by atoms with Crippen LogP contribution in [0, 0.1) is 12.3 Å². The van der Waals surface area contributed by atoms with E-state index in [1.54, 1.807) is 24.3 Å². The minimum absolute atomic E-state index is 0.373. The maximum atomic E-state index is 12.0. The summed E-state index contributed by atoms with van der Waals surface area (Å²) < 4.78 is 0. The summed E-state index contributed by atoms with van der Waals surface area (Å²) in [5.74, 6) is 2.27. The molecule has 6 heteroatoms. The quantitative estimate of drug-likeness (QED) is 0.806. The van der Waals surface area contributed by atoms with Crippen molar-refractivity contribution in [2.75, 3.05) is 16.9 Å². The van der Waals surface area contributed by atoms with E-state index < -0.39 is 18.0 Å². The van der Waals surface area contributed by atoms with Gasteiger partial charge in [-0.25, -0.2) is 9.59 Å². The van der Waals surface area contributed by atoms with Crippen LogP contribution >= 0.6 is 11.8 Å². The molecule has 1 saturated heterocycles. The number of hydrogen-bond acceptors (Lipinski definition) is 3. The van der Waals surface area contributed by atoms with Crippen molar-refractivity contribution in [3.05, 3.63) is 29.8 Å². The third kappa shape index (κ3) is 3.01. The van der Waals surface area contributed by atoms with Gasteiger partial charge in [0, 0.05) is 17.0 Å². The van der Waals surface area contributed by atoms with Gasteiger partial charge in [-0.1, -0.05) is 12.0 Å². The number of urea groups is 1. The smallest absolute Gasteiger partial charge is 0.327 e. The van der Waals surface area contributed by atoms with Gasteiger partial charge in [0.1, 0.15) is 6.04 Å². The van der Waals surface area contributed by atoms with E-state index in [9.17, 15) is 9.59 Å². The van der Waals surface area contributed by atoms with Gasteiger partial charge in [-0.2, -0.15) is 0 Å². The number of carbonyl (C=O) groups excluding carboxylic acids is 1. The van der Waals surface area contributed by atoms with E-state index in [2.05, 4.69) is 11.2 Å². The molecule has 0 saturated carbocycles. The van der Waals surface area contributed by atoms with Gasteiger partial charge >= 0.3 is 12.0 Å². The van der Waals surface area contributed by atoms with Crippen molar-refractivity contribution in [1.29, 1.82) is 0 Å². The van der Waals surface area contributed by atoms with E-state index >= 15 is 0 Å². The van der Waals surface area contributed by atoms with E-state index in [4.69, 9.17) is 11.5 Å². The van der Waals surface area contributed by atoms with Gasteiger partial charge < -0.3 is 15.3 Å². The van der Waals surface area contributed by atoms with Crippen LogP contribution in [0.5, 0.6) is 0 Å². The number of carbonyl (C=O) groups is 2. The number of amides is 2. The zero-order valence-corrected chi connectivity index (χ0v) is 10.8. The second-order valence-corrected chi connectivity index (χ2v) is 4.98. The number of nitrogens with zero attached hydrogens (tertiary/aromatic N) is 1. The SMILES string of the molecule is C#Cc1cccc(NC(=O)N2CSCC2C(=O)O)c1. The van der Waals surface area contributed by atoms with Crippen molar-refractivity contribution in [3.8, 4) is 12.3 Å². The molecule has 0 aromatic heterocycles. The van der Waals surface area contributed by atoms with E-state index in [0.29, 0.717) is 22.9 Å². The Balaban J connectivity index is 2.08. The molecule has 5 nitrogen and oxygen atoms in total. The van der Waals surface area contributed by atoms with Crippen LogP contribution in [0.2, 0.25) is 0 Å². The predicted molar refractivity (Wildman–Crippen MR) is 74.0 cm³/mol. The Morgan fingerprint density at radius 3 is 3.00 bits per heavy atom. The normalized spacial score (nSPS) is 17.8. The van der Waals surface area contributed by atoms with Crippen LogP contribution in [0.3, 0.4) is 0 Å². The van der Waals surface area contributed by atoms with Crippen molar-refractivity contribution in [2.45, 2.75) is 6.04 Å². The van der Waals surface area contributed by atoms with E-state index in [1.807, 2.05) is 0 Å². The summed E-state index contributed by atoms with van der Waals surface area (Å²) in [6.45, 7) is 0. The zero-order valence-electron chi connectivity index (χ0n) is 10.00. The highest BCUT2D eigenvalue weighted by molar-refractivity contribution is 7.99. The van der Waals surface area contributed by atoms with Crippen LogP contribution in [0.1, 0.15) is 5.56 Å². The highest BCUT2D eigenvalue weighted by atomic mass is 32.2. The number of rotatable bonds is 2. The van der Waals surface area contributed by atoms with Crippen molar-refractivity contribution in [3.63, 3.8) is 0 Å². The van der Waals surface area contributed by atoms with Crippen LogP contribution in [0.15, 0.2) is 24.3 Å². The number of carboxylic acids is 1. The molecule has 0 bridgehead atoms. The first-order valence-electron chi connectivity index (χ1n) is 5.56. The van der Waals surface area contributed by atoms with Gasteiger partial charge in [0.15, 0.2) is 0 Å². The molecule has 0 radical (unpaired) electrons. The molecular weight excluding hydrogens is 264 g/mol. The highest BCUT2D eigenvalue weighted by Gasteiger charge is 2.34. The Morgan fingerprint density at radius 2 is 2.32 bits per heavy atom. The first kappa shape index (κ1) is 13.3. The molecule has 2 amide bonds. The highest BCUT2D eigenvalue weighted by Crippen LogP contribution is 2.22. The van der Waals surface area contributed by atoms with Crippen molar-refractivity contribution in [1.82, 2.24) is 4.90 Å². The molecule has 1 aliphatic heterocycles. The van der Waals surface area contributed by atoms with Gasteiger partial charge in [0.25, 0.3) is 0 Å². The lowest BCUT2D eigenvalue weighted by Gasteiger charge is -2.20. The molecule has 1 aromatic rings. The fourth-order valence-electron chi connectivity index (χ4n) is 1.73. The van der Waals surface area contributed by atoms with Crippen molar-refractivity contribution >= 4 is 29.4 Å². The summed E-state index contributed by atoms with van der Waals surface area (Å²) in [5.41, 5.74) is 1.21. The molecule has 0 aliphatic carbocycles. The van der Waals surface area contributed by atoms with E-state index in [-0.39, 0.29) is 0 Å². The summed E-state index contributed by atoms with van der Waals surface area (Å²) >= 11 is 1.42. The summed E-state index contributed by atoms with van der Waals surface area (Å²) in [4.78, 5) is 24.3. The first-order chi connectivity index (χ1) is 9.11. The average Bonchev–Trinajstić information content (AvgIpc) is 2.88. The maximum Gasteiger partial charge on any atom is 0.327 e. The number of anilines is 1. The van der Waals surface area contributed by atoms with Gasteiger partial charge in [-0.15, -0.1) is 18.2 Å². The summed E-state index contributed by atoms with van der Waals surface area (Å²) in [5, 5.41) is 11.7. The molecule has 0 spiro atoms. The van der Waals surface area contributed by atoms with Crippen LogP contribution in [-0.4, -0.2) is 39.7 Å². The van der Waals surface area contributed by atoms with Crippen molar-refractivity contribution < 1.29 is 14.7 Å². The Hall–Kier alpha value is -2.13. The Kier molecular flexibility index (Phi) is 3.97. The standard InChI is InChI=1S/C13H12N2O3S/c1-2-9-4-3-5-10(6-9)14-13(18)15-8-19-7-11(15)12(16)17/h1,3-6,11H,7-8H2,(H,14,18)(H,16,17). The van der Waals surface area contributed by atoms with Crippen LogP contribution < -0.4 is 5.32 Å². The minimum Gasteiger partial charge on any atom is -0.480 e. The monoisotopic (exact) mass is 276 g/mol. The van der Waals surface area contributed by atoms with E-state index in [1.165, 1.54) is 16.7 Å². The van der Waals surface area contributed by atoms with Gasteiger partial charge in [-0.3, -0.25) is 0 Å². The molecule has 1 aromatic carbocycles. The molecule has 98 valence electrons. The molecule has 19 heavy (non-hydrogen) atoms. The van der Waals surface area contributed by atoms with E-state index in [0.717, 1.165) is 0 Å². The second kappa shape index (κ2) is 5.67. The maximum absolute atomic E-state index is 12.0. The van der Waals surface area contributed by atoms with Crippen LogP contribution in [-0.2, 0) is 4.79 Å². The fourth-order valence-corrected chi connectivity index (χ4v) is 2.87. The lowest BCUT2D eigenvalue weighted by molar-refractivity contribution is -0.140. The van der Waals surface area contributed by atoms with Gasteiger partial charge in [0.05, 0.1) is 5.88 Å². The third-order valence-corrected chi connectivity index (χ3v) is 3.72.